The summed E-state index contributed by atoms with van der Waals surface area (Å²) in [4.78, 5) is 29.5. The van der Waals surface area contributed by atoms with Crippen LogP contribution in [-0.2, 0) is 20.7 Å². The summed E-state index contributed by atoms with van der Waals surface area (Å²) in [6.07, 6.45) is 0.840. The van der Waals surface area contributed by atoms with E-state index in [0.29, 0.717) is 35.0 Å². The van der Waals surface area contributed by atoms with E-state index in [2.05, 4.69) is 6.07 Å². The molecule has 27 heavy (non-hydrogen) atoms. The quantitative estimate of drug-likeness (QED) is 0.745. The standard InChI is InChI=1S/C21H19ClN2O3/c1-27-13-12-24-20(25)18(15-6-8-16(22)9-7-15)19(21(24)26)23-11-10-14-4-2-3-5-17(14)23/h2-9H,10-13H2,1H3. The maximum atomic E-state index is 13.2. The average Bonchev–Trinajstić information content (AvgIpc) is 3.20. The van der Waals surface area contributed by atoms with E-state index in [1.807, 2.05) is 23.1 Å². The fraction of sp³-hybridized carbons (Fsp3) is 0.238. The van der Waals surface area contributed by atoms with Crippen LogP contribution in [0.5, 0.6) is 0 Å². The number of carbonyl (C=O) groups excluding carboxylic acids is 2. The Morgan fingerprint density at radius 2 is 1.78 bits per heavy atom. The van der Waals surface area contributed by atoms with Gasteiger partial charge in [0, 0.05) is 24.4 Å². The zero-order chi connectivity index (χ0) is 19.0. The smallest absolute Gasteiger partial charge is 0.278 e. The van der Waals surface area contributed by atoms with E-state index in [4.69, 9.17) is 16.3 Å². The first-order valence-electron chi connectivity index (χ1n) is 8.82. The van der Waals surface area contributed by atoms with E-state index in [-0.39, 0.29) is 18.4 Å². The SMILES string of the molecule is COCCN1C(=O)C(c2ccc(Cl)cc2)=C(N2CCc3ccccc32)C1=O. The van der Waals surface area contributed by atoms with Gasteiger partial charge in [0.05, 0.1) is 18.7 Å². The van der Waals surface area contributed by atoms with Crippen LogP contribution in [0.15, 0.2) is 54.2 Å². The molecule has 2 aromatic rings. The van der Waals surface area contributed by atoms with Gasteiger partial charge in [-0.1, -0.05) is 41.9 Å². The molecule has 4 rings (SSSR count). The van der Waals surface area contributed by atoms with Gasteiger partial charge in [0.15, 0.2) is 0 Å². The highest BCUT2D eigenvalue weighted by atomic mass is 35.5. The lowest BCUT2D eigenvalue weighted by Gasteiger charge is -2.21. The van der Waals surface area contributed by atoms with Gasteiger partial charge in [-0.25, -0.2) is 0 Å². The highest BCUT2D eigenvalue weighted by molar-refractivity contribution is 6.37. The zero-order valence-electron chi connectivity index (χ0n) is 14.9. The first-order valence-corrected chi connectivity index (χ1v) is 9.20. The average molecular weight is 383 g/mol. The number of amides is 2. The van der Waals surface area contributed by atoms with Crippen molar-refractivity contribution in [2.75, 3.05) is 31.7 Å². The number of methoxy groups -OCH3 is 1. The van der Waals surface area contributed by atoms with Crippen LogP contribution in [-0.4, -0.2) is 43.5 Å². The molecule has 0 unspecified atom stereocenters. The molecule has 2 aromatic carbocycles. The molecular weight excluding hydrogens is 364 g/mol. The Morgan fingerprint density at radius 3 is 2.52 bits per heavy atom. The predicted molar refractivity (Wildman–Crippen MR) is 104 cm³/mol. The van der Waals surface area contributed by atoms with E-state index < -0.39 is 0 Å². The van der Waals surface area contributed by atoms with Crippen molar-refractivity contribution in [1.82, 2.24) is 4.90 Å². The number of ether oxygens (including phenoxy) is 1. The Hall–Kier alpha value is -2.63. The van der Waals surface area contributed by atoms with Gasteiger partial charge < -0.3 is 9.64 Å². The van der Waals surface area contributed by atoms with Gasteiger partial charge in [0.2, 0.25) is 0 Å². The third kappa shape index (κ3) is 3.03. The Bertz CT molecular complexity index is 937. The number of carbonyl (C=O) groups is 2. The maximum Gasteiger partial charge on any atom is 0.278 e. The van der Waals surface area contributed by atoms with Crippen molar-refractivity contribution in [2.45, 2.75) is 6.42 Å². The van der Waals surface area contributed by atoms with Gasteiger partial charge in [0.1, 0.15) is 5.70 Å². The molecule has 0 aromatic heterocycles. The van der Waals surface area contributed by atoms with E-state index in [0.717, 1.165) is 12.1 Å². The zero-order valence-corrected chi connectivity index (χ0v) is 15.7. The molecule has 0 saturated carbocycles. The topological polar surface area (TPSA) is 49.9 Å². The van der Waals surface area contributed by atoms with Crippen molar-refractivity contribution < 1.29 is 14.3 Å². The molecule has 0 saturated heterocycles. The molecule has 0 aliphatic carbocycles. The first-order chi connectivity index (χ1) is 13.1. The summed E-state index contributed by atoms with van der Waals surface area (Å²) in [5.74, 6) is -0.572. The summed E-state index contributed by atoms with van der Waals surface area (Å²) in [6.45, 7) is 1.20. The number of halogens is 1. The third-order valence-corrected chi connectivity index (χ3v) is 5.20. The summed E-state index contributed by atoms with van der Waals surface area (Å²) in [7, 11) is 1.55. The van der Waals surface area contributed by atoms with E-state index in [1.165, 1.54) is 10.5 Å². The lowest BCUT2D eigenvalue weighted by molar-refractivity contribution is -0.137. The van der Waals surface area contributed by atoms with Crippen LogP contribution in [0.4, 0.5) is 5.69 Å². The number of fused-ring (bicyclic) bond motifs is 1. The largest absolute Gasteiger partial charge is 0.383 e. The molecule has 2 amide bonds. The van der Waals surface area contributed by atoms with Gasteiger partial charge in [-0.3, -0.25) is 14.5 Å². The van der Waals surface area contributed by atoms with Gasteiger partial charge >= 0.3 is 0 Å². The molecule has 0 N–H and O–H groups in total. The van der Waals surface area contributed by atoms with Crippen LogP contribution in [0.2, 0.25) is 5.02 Å². The van der Waals surface area contributed by atoms with E-state index in [9.17, 15) is 9.59 Å². The minimum absolute atomic E-state index is 0.226. The molecule has 0 atom stereocenters. The molecule has 0 bridgehead atoms. The molecule has 0 radical (unpaired) electrons. The maximum absolute atomic E-state index is 13.2. The summed E-state index contributed by atoms with van der Waals surface area (Å²) in [5.41, 5.74) is 3.70. The van der Waals surface area contributed by atoms with Crippen molar-refractivity contribution >= 4 is 34.7 Å². The van der Waals surface area contributed by atoms with Gasteiger partial charge in [-0.2, -0.15) is 0 Å². The van der Waals surface area contributed by atoms with Crippen LogP contribution >= 0.6 is 11.6 Å². The van der Waals surface area contributed by atoms with Crippen molar-refractivity contribution in [3.05, 3.63) is 70.4 Å². The molecule has 5 nitrogen and oxygen atoms in total. The molecule has 6 heteroatoms. The number of imide groups is 1. The minimum Gasteiger partial charge on any atom is -0.383 e. The highest BCUT2D eigenvalue weighted by Gasteiger charge is 2.42. The van der Waals surface area contributed by atoms with Crippen LogP contribution < -0.4 is 4.90 Å². The Kier molecular flexibility index (Phi) is 4.72. The summed E-state index contributed by atoms with van der Waals surface area (Å²) in [6, 6.07) is 15.0. The molecule has 138 valence electrons. The summed E-state index contributed by atoms with van der Waals surface area (Å²) >= 11 is 6.01. The third-order valence-electron chi connectivity index (χ3n) is 4.95. The van der Waals surface area contributed by atoms with Gasteiger partial charge in [0.25, 0.3) is 11.8 Å². The molecule has 0 fully saturated rings. The monoisotopic (exact) mass is 382 g/mol. The second-order valence-corrected chi connectivity index (χ2v) is 6.95. The van der Waals surface area contributed by atoms with Crippen molar-refractivity contribution in [1.29, 1.82) is 0 Å². The van der Waals surface area contributed by atoms with Gasteiger partial charge in [-0.15, -0.1) is 0 Å². The van der Waals surface area contributed by atoms with Crippen LogP contribution in [0.25, 0.3) is 5.57 Å². The number of benzene rings is 2. The molecule has 2 heterocycles. The number of hydrogen-bond acceptors (Lipinski definition) is 4. The lowest BCUT2D eigenvalue weighted by atomic mass is 10.0. The second kappa shape index (κ2) is 7.18. The van der Waals surface area contributed by atoms with Crippen LogP contribution in [0, 0.1) is 0 Å². The number of para-hydroxylation sites is 1. The van der Waals surface area contributed by atoms with E-state index >= 15 is 0 Å². The Balaban J connectivity index is 1.83. The van der Waals surface area contributed by atoms with Crippen molar-refractivity contribution in [3.63, 3.8) is 0 Å². The van der Waals surface area contributed by atoms with Crippen LogP contribution in [0.3, 0.4) is 0 Å². The number of anilines is 1. The molecule has 2 aliphatic heterocycles. The fourth-order valence-electron chi connectivity index (χ4n) is 3.65. The molecular formula is C21H19ClN2O3. The highest BCUT2D eigenvalue weighted by Crippen LogP contribution is 2.38. The number of hydrogen-bond donors (Lipinski definition) is 0. The fourth-order valence-corrected chi connectivity index (χ4v) is 3.77. The normalized spacial score (nSPS) is 16.5. The molecule has 0 spiro atoms. The van der Waals surface area contributed by atoms with E-state index in [1.54, 1.807) is 31.4 Å². The van der Waals surface area contributed by atoms with Crippen LogP contribution in [0.1, 0.15) is 11.1 Å². The number of nitrogens with zero attached hydrogens (tertiary/aromatic N) is 2. The number of rotatable bonds is 5. The van der Waals surface area contributed by atoms with Crippen molar-refractivity contribution in [3.8, 4) is 0 Å². The second-order valence-electron chi connectivity index (χ2n) is 6.52. The Morgan fingerprint density at radius 1 is 1.04 bits per heavy atom. The first kappa shape index (κ1) is 17.8. The summed E-state index contributed by atoms with van der Waals surface area (Å²) in [5, 5.41) is 0.584. The summed E-state index contributed by atoms with van der Waals surface area (Å²) < 4.78 is 5.08. The van der Waals surface area contributed by atoms with Crippen molar-refractivity contribution in [2.24, 2.45) is 0 Å². The Labute approximate surface area is 162 Å². The lowest BCUT2D eigenvalue weighted by Crippen LogP contribution is -2.37. The minimum atomic E-state index is -0.293. The predicted octanol–water partition coefficient (Wildman–Crippen LogP) is 3.13. The molecule has 2 aliphatic rings. The van der Waals surface area contributed by atoms with Gasteiger partial charge in [-0.05, 0) is 35.7 Å².